The predicted molar refractivity (Wildman–Crippen MR) is 156 cm³/mol. The molecule has 1 amide bonds. The quantitative estimate of drug-likeness (QED) is 0.492. The molecule has 1 aromatic heterocycles. The van der Waals surface area contributed by atoms with Crippen LogP contribution < -0.4 is 20.4 Å². The zero-order chi connectivity index (χ0) is 26.8. The molecule has 2 aromatic carbocycles. The molecule has 0 radical (unpaired) electrons. The summed E-state index contributed by atoms with van der Waals surface area (Å²) >= 11 is 0. The summed E-state index contributed by atoms with van der Waals surface area (Å²) in [5.41, 5.74) is 4.89. The van der Waals surface area contributed by atoms with Crippen LogP contribution in [0.4, 0.5) is 17.2 Å². The molecule has 1 saturated carbocycles. The van der Waals surface area contributed by atoms with Crippen LogP contribution in [0.3, 0.4) is 0 Å². The van der Waals surface area contributed by atoms with E-state index in [0.29, 0.717) is 29.6 Å². The number of hydrogen-bond acceptors (Lipinski definition) is 6. The summed E-state index contributed by atoms with van der Waals surface area (Å²) in [6.45, 7) is 4.51. The molecule has 6 rings (SSSR count). The predicted octanol–water partition coefficient (Wildman–Crippen LogP) is 5.19. The van der Waals surface area contributed by atoms with E-state index in [-0.39, 0.29) is 5.91 Å². The zero-order valence-corrected chi connectivity index (χ0v) is 22.5. The molecule has 7 nitrogen and oxygen atoms in total. The van der Waals surface area contributed by atoms with Crippen molar-refractivity contribution >= 4 is 23.1 Å². The summed E-state index contributed by atoms with van der Waals surface area (Å²) < 4.78 is 0. The number of amides is 1. The fourth-order valence-corrected chi connectivity index (χ4v) is 6.86. The number of rotatable bonds is 4. The lowest BCUT2D eigenvalue weighted by atomic mass is 9.86. The Labute approximate surface area is 230 Å². The number of nitrogens with one attached hydrogen (secondary N) is 2. The van der Waals surface area contributed by atoms with Crippen molar-refractivity contribution in [3.8, 4) is 17.2 Å². The van der Waals surface area contributed by atoms with Gasteiger partial charge in [0.2, 0.25) is 5.91 Å². The highest BCUT2D eigenvalue weighted by Crippen LogP contribution is 2.38. The molecule has 39 heavy (non-hydrogen) atoms. The highest BCUT2D eigenvalue weighted by molar-refractivity contribution is 5.89. The Hall–Kier alpha value is -3.89. The second-order valence-corrected chi connectivity index (χ2v) is 11.2. The summed E-state index contributed by atoms with van der Waals surface area (Å²) in [5.74, 6) is 1.45. The van der Waals surface area contributed by atoms with E-state index in [0.717, 1.165) is 48.7 Å². The minimum Gasteiger partial charge on any atom is -0.371 e. The molecule has 0 spiro atoms. The topological polar surface area (TPSA) is 84.3 Å². The van der Waals surface area contributed by atoms with Gasteiger partial charge in [-0.2, -0.15) is 5.26 Å². The molecule has 7 heteroatoms. The fourth-order valence-electron chi connectivity index (χ4n) is 6.86. The van der Waals surface area contributed by atoms with E-state index in [2.05, 4.69) is 56.8 Å². The average molecular weight is 521 g/mol. The first-order valence-electron chi connectivity index (χ1n) is 14.2. The SMILES string of the molecule is CC(=O)Nc1cccc(-c2ccnc(N3C4CCN(c5ccc(C#N)cc5)CC4CNC4CCCCC43)c2)c1. The number of pyridine rings is 1. The van der Waals surface area contributed by atoms with Crippen LogP contribution in [0.25, 0.3) is 11.1 Å². The van der Waals surface area contributed by atoms with Gasteiger partial charge in [-0.25, -0.2) is 4.98 Å². The van der Waals surface area contributed by atoms with Crippen molar-refractivity contribution in [3.05, 3.63) is 72.4 Å². The molecule has 2 saturated heterocycles. The third-order valence-corrected chi connectivity index (χ3v) is 8.67. The first kappa shape index (κ1) is 25.4. The van der Waals surface area contributed by atoms with Crippen LogP contribution in [-0.4, -0.2) is 48.7 Å². The van der Waals surface area contributed by atoms with Crippen LogP contribution in [0.2, 0.25) is 0 Å². The van der Waals surface area contributed by atoms with Gasteiger partial charge in [0.1, 0.15) is 5.82 Å². The Morgan fingerprint density at radius 2 is 1.85 bits per heavy atom. The molecule has 2 aliphatic heterocycles. The third-order valence-electron chi connectivity index (χ3n) is 8.67. The van der Waals surface area contributed by atoms with Gasteiger partial charge in [-0.15, -0.1) is 0 Å². The molecular formula is C32H36N6O. The lowest BCUT2D eigenvalue weighted by Crippen LogP contribution is -2.56. The number of aromatic nitrogens is 1. The number of carbonyl (C=O) groups is 1. The Morgan fingerprint density at radius 1 is 1.03 bits per heavy atom. The number of nitrogens with zero attached hydrogens (tertiary/aromatic N) is 4. The summed E-state index contributed by atoms with van der Waals surface area (Å²) in [5, 5.41) is 16.1. The molecule has 0 bridgehead atoms. The van der Waals surface area contributed by atoms with Gasteiger partial charge >= 0.3 is 0 Å². The van der Waals surface area contributed by atoms with E-state index in [1.54, 1.807) is 0 Å². The average Bonchev–Trinajstić information content (AvgIpc) is 3.13. The molecule has 3 aliphatic rings. The van der Waals surface area contributed by atoms with E-state index in [9.17, 15) is 10.1 Å². The highest BCUT2D eigenvalue weighted by Gasteiger charge is 2.43. The van der Waals surface area contributed by atoms with Crippen LogP contribution in [0, 0.1) is 17.2 Å². The van der Waals surface area contributed by atoms with Crippen LogP contribution in [0.5, 0.6) is 0 Å². The van der Waals surface area contributed by atoms with Crippen LogP contribution in [0.1, 0.15) is 44.6 Å². The van der Waals surface area contributed by atoms with E-state index >= 15 is 0 Å². The van der Waals surface area contributed by atoms with Crippen molar-refractivity contribution < 1.29 is 4.79 Å². The zero-order valence-electron chi connectivity index (χ0n) is 22.5. The number of piperidine rings is 1. The van der Waals surface area contributed by atoms with Gasteiger partial charge in [-0.3, -0.25) is 4.79 Å². The Morgan fingerprint density at radius 3 is 2.67 bits per heavy atom. The minimum atomic E-state index is -0.0682. The van der Waals surface area contributed by atoms with Crippen molar-refractivity contribution in [2.24, 2.45) is 5.92 Å². The number of benzene rings is 2. The maximum Gasteiger partial charge on any atom is 0.221 e. The summed E-state index contributed by atoms with van der Waals surface area (Å²) in [6, 6.07) is 23.9. The van der Waals surface area contributed by atoms with Gasteiger partial charge in [0.15, 0.2) is 0 Å². The normalized spacial score (nSPS) is 24.6. The fraction of sp³-hybridized carbons (Fsp3) is 0.406. The van der Waals surface area contributed by atoms with Crippen molar-refractivity contribution in [2.45, 2.75) is 57.2 Å². The van der Waals surface area contributed by atoms with Gasteiger partial charge in [-0.05, 0) is 78.9 Å². The molecule has 3 aromatic rings. The largest absolute Gasteiger partial charge is 0.371 e. The maximum absolute atomic E-state index is 11.6. The Bertz CT molecular complexity index is 1370. The Balaban J connectivity index is 1.31. The van der Waals surface area contributed by atoms with Crippen LogP contribution >= 0.6 is 0 Å². The Kier molecular flexibility index (Phi) is 7.21. The molecule has 200 valence electrons. The molecule has 3 heterocycles. The van der Waals surface area contributed by atoms with Crippen LogP contribution in [0.15, 0.2) is 66.9 Å². The maximum atomic E-state index is 11.6. The lowest BCUT2D eigenvalue weighted by molar-refractivity contribution is -0.114. The van der Waals surface area contributed by atoms with E-state index in [1.807, 2.05) is 36.5 Å². The molecule has 4 unspecified atom stereocenters. The number of carbonyl (C=O) groups excluding carboxylic acids is 1. The van der Waals surface area contributed by atoms with E-state index in [4.69, 9.17) is 4.98 Å². The first-order valence-corrected chi connectivity index (χ1v) is 14.2. The van der Waals surface area contributed by atoms with E-state index < -0.39 is 0 Å². The molecule has 3 fully saturated rings. The number of fused-ring (bicyclic) bond motifs is 2. The number of hydrogen-bond donors (Lipinski definition) is 2. The van der Waals surface area contributed by atoms with E-state index in [1.165, 1.54) is 38.3 Å². The molecular weight excluding hydrogens is 484 g/mol. The van der Waals surface area contributed by atoms with Crippen LogP contribution in [-0.2, 0) is 4.79 Å². The second kappa shape index (κ2) is 11.1. The van der Waals surface area contributed by atoms with Gasteiger partial charge in [0, 0.05) is 68.2 Å². The van der Waals surface area contributed by atoms with Gasteiger partial charge < -0.3 is 20.4 Å². The van der Waals surface area contributed by atoms with Crippen molar-refractivity contribution in [2.75, 3.05) is 34.8 Å². The summed E-state index contributed by atoms with van der Waals surface area (Å²) in [7, 11) is 0. The van der Waals surface area contributed by atoms with Gasteiger partial charge in [0.05, 0.1) is 11.6 Å². The summed E-state index contributed by atoms with van der Waals surface area (Å²) in [4.78, 5) is 21.7. The summed E-state index contributed by atoms with van der Waals surface area (Å²) in [6.07, 6.45) is 7.93. The smallest absolute Gasteiger partial charge is 0.221 e. The molecule has 2 N–H and O–H groups in total. The third kappa shape index (κ3) is 5.35. The van der Waals surface area contributed by atoms with Gasteiger partial charge in [0.25, 0.3) is 0 Å². The second-order valence-electron chi connectivity index (χ2n) is 11.2. The highest BCUT2D eigenvalue weighted by atomic mass is 16.1. The first-order chi connectivity index (χ1) is 19.1. The standard InChI is InChI=1S/C32H36N6O/c1-22(39)36-27-6-4-5-24(17-27)25-13-15-34-32(18-25)38-30-14-16-37(28-11-9-23(19-33)10-12-28)21-26(30)20-35-29-7-2-3-8-31(29)38/h4-6,9-13,15,17-18,26,29-31,35H,2-3,7-8,14,16,20-21H2,1H3,(H,36,39). The van der Waals surface area contributed by atoms with Crippen molar-refractivity contribution in [3.63, 3.8) is 0 Å². The molecule has 1 aliphatic carbocycles. The lowest BCUT2D eigenvalue weighted by Gasteiger charge is -2.47. The molecule has 4 atom stereocenters. The number of anilines is 3. The van der Waals surface area contributed by atoms with Crippen molar-refractivity contribution in [1.29, 1.82) is 5.26 Å². The monoisotopic (exact) mass is 520 g/mol. The minimum absolute atomic E-state index is 0.0682. The van der Waals surface area contributed by atoms with Crippen molar-refractivity contribution in [1.82, 2.24) is 10.3 Å². The number of nitriles is 1. The van der Waals surface area contributed by atoms with Gasteiger partial charge in [-0.1, -0.05) is 25.0 Å².